The summed E-state index contributed by atoms with van der Waals surface area (Å²) in [7, 11) is 0. The lowest BCUT2D eigenvalue weighted by Gasteiger charge is -2.26. The fourth-order valence-electron chi connectivity index (χ4n) is 2.29. The van der Waals surface area contributed by atoms with E-state index in [-0.39, 0.29) is 6.04 Å². The number of rotatable bonds is 2. The number of hydrogen-bond acceptors (Lipinski definition) is 1. The van der Waals surface area contributed by atoms with Gasteiger partial charge in [-0.3, -0.25) is 0 Å². The van der Waals surface area contributed by atoms with E-state index in [1.165, 1.54) is 11.1 Å². The molecule has 0 radical (unpaired) electrons. The monoisotopic (exact) mass is 280 g/mol. The molecule has 1 atom stereocenters. The third-order valence-electron chi connectivity index (χ3n) is 3.39. The quantitative estimate of drug-likeness (QED) is 0.823. The summed E-state index contributed by atoms with van der Waals surface area (Å²) in [6, 6.07) is 18.9. The summed E-state index contributed by atoms with van der Waals surface area (Å²) >= 11 is 5.32. The second-order valence-electron chi connectivity index (χ2n) is 4.93. The molecule has 0 aromatic heterocycles. The molecule has 1 aliphatic heterocycles. The van der Waals surface area contributed by atoms with Crippen LogP contribution in [0.5, 0.6) is 0 Å². The smallest absolute Gasteiger partial charge is 0.171 e. The molecule has 0 spiro atoms. The van der Waals surface area contributed by atoms with E-state index in [0.717, 1.165) is 11.3 Å². The molecule has 2 nitrogen and oxygen atoms in total. The molecule has 1 aliphatic rings. The molecule has 0 bridgehead atoms. The maximum Gasteiger partial charge on any atom is 0.171 e. The second-order valence-corrected chi connectivity index (χ2v) is 5.34. The Bertz CT molecular complexity index is 644. The Kier molecular flexibility index (Phi) is 3.52. The van der Waals surface area contributed by atoms with Crippen molar-refractivity contribution in [3.05, 3.63) is 77.4 Å². The van der Waals surface area contributed by atoms with Gasteiger partial charge in [0.25, 0.3) is 0 Å². The molecule has 1 heterocycles. The molecule has 3 rings (SSSR count). The van der Waals surface area contributed by atoms with Crippen LogP contribution in [0.2, 0.25) is 0 Å². The Balaban J connectivity index is 1.95. The van der Waals surface area contributed by atoms with Crippen LogP contribution in [0, 0.1) is 6.92 Å². The molecule has 3 heteroatoms. The molecule has 0 saturated carbocycles. The zero-order valence-corrected chi connectivity index (χ0v) is 12.1. The van der Waals surface area contributed by atoms with E-state index in [4.69, 9.17) is 12.2 Å². The van der Waals surface area contributed by atoms with Crippen LogP contribution < -0.4 is 10.6 Å². The average Bonchev–Trinajstić information content (AvgIpc) is 2.48. The van der Waals surface area contributed by atoms with E-state index in [9.17, 15) is 0 Å². The highest BCUT2D eigenvalue weighted by molar-refractivity contribution is 7.80. The van der Waals surface area contributed by atoms with Crippen LogP contribution in [0.3, 0.4) is 0 Å². The lowest BCUT2D eigenvalue weighted by Crippen LogP contribution is -2.40. The molecule has 0 aliphatic carbocycles. The Labute approximate surface area is 124 Å². The summed E-state index contributed by atoms with van der Waals surface area (Å²) < 4.78 is 0. The zero-order chi connectivity index (χ0) is 13.9. The number of benzene rings is 2. The molecule has 0 fully saturated rings. The van der Waals surface area contributed by atoms with Crippen molar-refractivity contribution in [1.29, 1.82) is 0 Å². The van der Waals surface area contributed by atoms with Gasteiger partial charge in [-0.2, -0.15) is 0 Å². The standard InChI is InChI=1S/C17H16N2S/c1-12-7-9-14(10-8-12)16-11-15(18-17(20)19-16)13-5-3-2-4-6-13/h2-11,16H,1H3,(H2,18,19,20)/t16-/m0/s1. The fraction of sp³-hybridized carbons (Fsp3) is 0.118. The van der Waals surface area contributed by atoms with E-state index in [1.54, 1.807) is 0 Å². The maximum atomic E-state index is 5.32. The lowest BCUT2D eigenvalue weighted by atomic mass is 10.0. The van der Waals surface area contributed by atoms with Crippen molar-refractivity contribution in [1.82, 2.24) is 10.6 Å². The molecule has 0 amide bonds. The fourth-order valence-corrected chi connectivity index (χ4v) is 2.53. The van der Waals surface area contributed by atoms with E-state index >= 15 is 0 Å². The summed E-state index contributed by atoms with van der Waals surface area (Å²) in [4.78, 5) is 0. The minimum atomic E-state index is 0.111. The van der Waals surface area contributed by atoms with Crippen LogP contribution in [0.1, 0.15) is 22.7 Å². The highest BCUT2D eigenvalue weighted by atomic mass is 32.1. The lowest BCUT2D eigenvalue weighted by molar-refractivity contribution is 0.765. The van der Waals surface area contributed by atoms with Gasteiger partial charge in [0.05, 0.1) is 6.04 Å². The predicted octanol–water partition coefficient (Wildman–Crippen LogP) is 3.55. The highest BCUT2D eigenvalue weighted by Gasteiger charge is 2.18. The van der Waals surface area contributed by atoms with E-state index in [2.05, 4.69) is 60.0 Å². The van der Waals surface area contributed by atoms with Gasteiger partial charge >= 0.3 is 0 Å². The van der Waals surface area contributed by atoms with Gasteiger partial charge in [0.15, 0.2) is 5.11 Å². The van der Waals surface area contributed by atoms with Crippen LogP contribution >= 0.6 is 12.2 Å². The van der Waals surface area contributed by atoms with Crippen LogP contribution in [0.25, 0.3) is 5.70 Å². The highest BCUT2D eigenvalue weighted by Crippen LogP contribution is 2.23. The van der Waals surface area contributed by atoms with Gasteiger partial charge in [-0.05, 0) is 36.3 Å². The van der Waals surface area contributed by atoms with Gasteiger partial charge in [0.2, 0.25) is 0 Å². The van der Waals surface area contributed by atoms with Gasteiger partial charge in [-0.15, -0.1) is 0 Å². The van der Waals surface area contributed by atoms with Crippen molar-refractivity contribution >= 4 is 23.0 Å². The van der Waals surface area contributed by atoms with Crippen LogP contribution in [-0.4, -0.2) is 5.11 Å². The zero-order valence-electron chi connectivity index (χ0n) is 11.3. The normalized spacial score (nSPS) is 17.9. The van der Waals surface area contributed by atoms with Crippen LogP contribution in [0.15, 0.2) is 60.7 Å². The topological polar surface area (TPSA) is 24.1 Å². The van der Waals surface area contributed by atoms with Gasteiger partial charge in [0.1, 0.15) is 0 Å². The van der Waals surface area contributed by atoms with Crippen LogP contribution in [-0.2, 0) is 0 Å². The summed E-state index contributed by atoms with van der Waals surface area (Å²) in [6.07, 6.45) is 2.18. The van der Waals surface area contributed by atoms with Crippen molar-refractivity contribution in [3.8, 4) is 0 Å². The number of nitrogens with one attached hydrogen (secondary N) is 2. The molecule has 20 heavy (non-hydrogen) atoms. The second kappa shape index (κ2) is 5.47. The third-order valence-corrected chi connectivity index (χ3v) is 3.61. The van der Waals surface area contributed by atoms with Crippen molar-refractivity contribution < 1.29 is 0 Å². The van der Waals surface area contributed by atoms with Crippen molar-refractivity contribution in [2.75, 3.05) is 0 Å². The van der Waals surface area contributed by atoms with Gasteiger partial charge in [-0.25, -0.2) is 0 Å². The molecule has 0 saturated heterocycles. The molecule has 2 aromatic carbocycles. The van der Waals surface area contributed by atoms with Gasteiger partial charge in [-0.1, -0.05) is 60.2 Å². The Morgan fingerprint density at radius 2 is 1.65 bits per heavy atom. The maximum absolute atomic E-state index is 5.32. The summed E-state index contributed by atoms with van der Waals surface area (Å²) in [5.74, 6) is 0. The molecular weight excluding hydrogens is 264 g/mol. The van der Waals surface area contributed by atoms with Gasteiger partial charge < -0.3 is 10.6 Å². The van der Waals surface area contributed by atoms with Crippen LogP contribution in [0.4, 0.5) is 0 Å². The van der Waals surface area contributed by atoms with Gasteiger partial charge in [0, 0.05) is 5.70 Å². The molecule has 0 unspecified atom stereocenters. The molecule has 100 valence electrons. The summed E-state index contributed by atoms with van der Waals surface area (Å²) in [5.41, 5.74) is 4.68. The van der Waals surface area contributed by atoms with Crippen molar-refractivity contribution in [3.63, 3.8) is 0 Å². The SMILES string of the molecule is Cc1ccc([C@@H]2C=C(c3ccccc3)NC(=S)N2)cc1. The summed E-state index contributed by atoms with van der Waals surface area (Å²) in [5, 5.41) is 7.18. The number of thiocarbonyl (C=S) groups is 1. The molecular formula is C17H16N2S. The Morgan fingerprint density at radius 3 is 2.35 bits per heavy atom. The van der Waals surface area contributed by atoms with E-state index < -0.39 is 0 Å². The molecule has 2 aromatic rings. The molecule has 2 N–H and O–H groups in total. The van der Waals surface area contributed by atoms with E-state index in [1.807, 2.05) is 18.2 Å². The first-order valence-electron chi connectivity index (χ1n) is 6.64. The third kappa shape index (κ3) is 2.73. The largest absolute Gasteiger partial charge is 0.352 e. The Morgan fingerprint density at radius 1 is 0.950 bits per heavy atom. The average molecular weight is 280 g/mol. The minimum Gasteiger partial charge on any atom is -0.352 e. The Hall–Kier alpha value is -2.13. The summed E-state index contributed by atoms with van der Waals surface area (Å²) in [6.45, 7) is 2.09. The van der Waals surface area contributed by atoms with E-state index in [0.29, 0.717) is 5.11 Å². The predicted molar refractivity (Wildman–Crippen MR) is 87.2 cm³/mol. The first-order chi connectivity index (χ1) is 9.72. The first-order valence-corrected chi connectivity index (χ1v) is 7.04. The first kappa shape index (κ1) is 12.9. The van der Waals surface area contributed by atoms with Crippen molar-refractivity contribution in [2.24, 2.45) is 0 Å². The van der Waals surface area contributed by atoms with Crippen molar-refractivity contribution in [2.45, 2.75) is 13.0 Å². The number of hydrogen-bond donors (Lipinski definition) is 2. The number of aryl methyl sites for hydroxylation is 1. The minimum absolute atomic E-state index is 0.111.